The predicted octanol–water partition coefficient (Wildman–Crippen LogP) is -1.24. The SMILES string of the molecule is O=[Si]=O.[O-2].[O-2].[Sn+4]. The zero-order chi connectivity index (χ0) is 2.71. The molecule has 0 atom stereocenters. The van der Waals surface area contributed by atoms with Crippen LogP contribution in [-0.4, -0.2) is 33.2 Å². The molecule has 0 heterocycles. The molecule has 6 heavy (non-hydrogen) atoms. The van der Waals surface area contributed by atoms with Crippen LogP contribution in [0.25, 0.3) is 0 Å². The summed E-state index contributed by atoms with van der Waals surface area (Å²) < 4.78 is 16.8. The topological polar surface area (TPSA) is 91.1 Å². The standard InChI is InChI=1S/O2Si.2O.Sn/c1-3-2;;;/q;2*-2;+4. The fourth-order valence-electron chi connectivity index (χ4n) is 0. The molecule has 0 aliphatic carbocycles. The summed E-state index contributed by atoms with van der Waals surface area (Å²) in [5.41, 5.74) is 0. The van der Waals surface area contributed by atoms with E-state index in [-0.39, 0.29) is 34.9 Å². The molecular formula is O4SiSn. The van der Waals surface area contributed by atoms with E-state index >= 15 is 0 Å². The molecule has 0 unspecified atom stereocenters. The maximum atomic E-state index is 8.40. The van der Waals surface area contributed by atoms with Crippen LogP contribution in [0.5, 0.6) is 0 Å². The van der Waals surface area contributed by atoms with Crippen LogP contribution in [-0.2, 0) is 19.9 Å². The van der Waals surface area contributed by atoms with Gasteiger partial charge in [0.2, 0.25) is 0 Å². The Balaban J connectivity index is -0.00000000667. The third kappa shape index (κ3) is 198. The predicted molar refractivity (Wildman–Crippen MR) is 14.3 cm³/mol. The smallest absolute Gasteiger partial charge is 2.00 e. The van der Waals surface area contributed by atoms with Crippen molar-refractivity contribution in [3.8, 4) is 0 Å². The van der Waals surface area contributed by atoms with Gasteiger partial charge >= 0.3 is 33.2 Å². The van der Waals surface area contributed by atoms with Crippen LogP contribution in [0, 0.1) is 0 Å². The van der Waals surface area contributed by atoms with Crippen molar-refractivity contribution in [2.75, 3.05) is 0 Å². The average Bonchev–Trinajstić information content (AvgIpc) is 0.918. The van der Waals surface area contributed by atoms with E-state index in [1.165, 1.54) is 0 Å². The van der Waals surface area contributed by atoms with Crippen LogP contribution >= 0.6 is 0 Å². The van der Waals surface area contributed by atoms with Crippen molar-refractivity contribution in [2.45, 2.75) is 0 Å². The van der Waals surface area contributed by atoms with Gasteiger partial charge in [-0.1, -0.05) is 0 Å². The van der Waals surface area contributed by atoms with Gasteiger partial charge in [-0.15, -0.1) is 0 Å². The average molecular weight is 211 g/mol. The van der Waals surface area contributed by atoms with Crippen LogP contribution in [0.4, 0.5) is 0 Å². The van der Waals surface area contributed by atoms with Gasteiger partial charge < -0.3 is 11.0 Å². The maximum Gasteiger partial charge on any atom is 4.00 e. The van der Waals surface area contributed by atoms with Crippen LogP contribution in [0.15, 0.2) is 0 Å². The van der Waals surface area contributed by atoms with Crippen molar-refractivity contribution < 1.29 is 19.9 Å². The van der Waals surface area contributed by atoms with E-state index in [4.69, 9.17) is 8.92 Å². The molecule has 6 heteroatoms. The van der Waals surface area contributed by atoms with Gasteiger partial charge in [-0.05, 0) is 0 Å². The molecule has 0 saturated carbocycles. The Kier molecular flexibility index (Phi) is 251. The summed E-state index contributed by atoms with van der Waals surface area (Å²) in [4.78, 5) is 0. The zero-order valence-electron chi connectivity index (χ0n) is 2.63. The van der Waals surface area contributed by atoms with Crippen molar-refractivity contribution in [3.05, 3.63) is 0 Å². The maximum absolute atomic E-state index is 8.40. The first kappa shape index (κ1) is 31.1. The third-order valence-corrected chi connectivity index (χ3v) is 0. The van der Waals surface area contributed by atoms with Gasteiger partial charge in [-0.25, -0.2) is 0 Å². The van der Waals surface area contributed by atoms with Gasteiger partial charge in [0.1, 0.15) is 0 Å². The fraction of sp³-hybridized carbons (Fsp3) is 0. The monoisotopic (exact) mass is 212 g/mol. The minimum absolute atomic E-state index is 0. The van der Waals surface area contributed by atoms with Gasteiger partial charge in [0.25, 0.3) is 0 Å². The Morgan fingerprint density at radius 3 is 1.00 bits per heavy atom. The molecule has 0 amide bonds. The molecule has 0 aliphatic rings. The molecule has 0 bridgehead atoms. The molecule has 32 valence electrons. The van der Waals surface area contributed by atoms with Gasteiger partial charge in [-0.3, -0.25) is 8.92 Å². The minimum Gasteiger partial charge on any atom is -2.00 e. The second kappa shape index (κ2) is 48.3. The molecule has 0 aromatic heterocycles. The van der Waals surface area contributed by atoms with E-state index in [1.54, 1.807) is 0 Å². The molecule has 4 nitrogen and oxygen atoms in total. The van der Waals surface area contributed by atoms with Gasteiger partial charge in [0.05, 0.1) is 0 Å². The van der Waals surface area contributed by atoms with Crippen molar-refractivity contribution in [2.24, 2.45) is 0 Å². The molecule has 0 rings (SSSR count). The molecule has 0 spiro atoms. The normalized spacial score (nSPS) is 1.33. The quantitative estimate of drug-likeness (QED) is 0.468. The van der Waals surface area contributed by atoms with E-state index < -0.39 is 9.29 Å². The summed E-state index contributed by atoms with van der Waals surface area (Å²) >= 11 is 0. The summed E-state index contributed by atoms with van der Waals surface area (Å²) in [5, 5.41) is 0. The van der Waals surface area contributed by atoms with Crippen LogP contribution in [0.3, 0.4) is 0 Å². The van der Waals surface area contributed by atoms with Crippen molar-refractivity contribution in [1.29, 1.82) is 0 Å². The summed E-state index contributed by atoms with van der Waals surface area (Å²) in [6.45, 7) is 0. The molecule has 0 N–H and O–H groups in total. The summed E-state index contributed by atoms with van der Waals surface area (Å²) in [7, 11) is -1.42. The van der Waals surface area contributed by atoms with E-state index in [2.05, 4.69) is 0 Å². The van der Waals surface area contributed by atoms with Crippen molar-refractivity contribution in [1.82, 2.24) is 0 Å². The molecule has 0 saturated heterocycles. The molecule has 0 fully saturated rings. The fourth-order valence-corrected chi connectivity index (χ4v) is 0. The van der Waals surface area contributed by atoms with E-state index in [1.807, 2.05) is 0 Å². The second-order valence-electron chi connectivity index (χ2n) is 0.0833. The Morgan fingerprint density at radius 2 is 1.00 bits per heavy atom. The first-order valence-electron chi connectivity index (χ1n) is 0.408. The summed E-state index contributed by atoms with van der Waals surface area (Å²) in [6, 6.07) is 0. The summed E-state index contributed by atoms with van der Waals surface area (Å²) in [5.74, 6) is 0. The first-order valence-corrected chi connectivity index (χ1v) is 1.22. The molecular weight excluding hydrogens is 211 g/mol. The van der Waals surface area contributed by atoms with Crippen LogP contribution in [0.2, 0.25) is 0 Å². The number of hydrogen-bond donors (Lipinski definition) is 0. The van der Waals surface area contributed by atoms with Crippen molar-refractivity contribution >= 4 is 33.2 Å². The molecule has 0 aromatic carbocycles. The van der Waals surface area contributed by atoms with Crippen LogP contribution in [0.1, 0.15) is 0 Å². The number of hydrogen-bond acceptors (Lipinski definition) is 2. The first-order chi connectivity index (χ1) is 1.41. The zero-order valence-corrected chi connectivity index (χ0v) is 6.49. The Labute approximate surface area is 53.4 Å². The van der Waals surface area contributed by atoms with Gasteiger partial charge in [0.15, 0.2) is 0 Å². The van der Waals surface area contributed by atoms with Gasteiger partial charge in [-0.2, -0.15) is 0 Å². The van der Waals surface area contributed by atoms with Crippen LogP contribution < -0.4 is 0 Å². The molecule has 0 aromatic rings. The second-order valence-corrected chi connectivity index (χ2v) is 0.250. The number of rotatable bonds is 0. The van der Waals surface area contributed by atoms with Gasteiger partial charge in [0, 0.05) is 0 Å². The van der Waals surface area contributed by atoms with E-state index in [0.29, 0.717) is 0 Å². The molecule has 0 aliphatic heterocycles. The third-order valence-electron chi connectivity index (χ3n) is 0. The Morgan fingerprint density at radius 1 is 1.00 bits per heavy atom. The minimum atomic E-state index is -1.42. The Bertz CT molecular complexity index is 28.5. The van der Waals surface area contributed by atoms with E-state index in [0.717, 1.165) is 0 Å². The molecule has 0 radical (unpaired) electrons. The summed E-state index contributed by atoms with van der Waals surface area (Å²) in [6.07, 6.45) is 0. The van der Waals surface area contributed by atoms with E-state index in [9.17, 15) is 0 Å². The van der Waals surface area contributed by atoms with Crippen molar-refractivity contribution in [3.63, 3.8) is 0 Å². The Hall–Kier alpha value is 0.536. The largest absolute Gasteiger partial charge is 4.00 e.